The molecule has 0 amide bonds. The van der Waals surface area contributed by atoms with Crippen molar-refractivity contribution in [1.82, 2.24) is 0 Å². The van der Waals surface area contributed by atoms with Crippen LogP contribution in [0.25, 0.3) is 11.1 Å². The first-order valence-corrected chi connectivity index (χ1v) is 10.6. The zero-order valence-corrected chi connectivity index (χ0v) is 17.4. The highest BCUT2D eigenvalue weighted by Crippen LogP contribution is 2.37. The van der Waals surface area contributed by atoms with Crippen LogP contribution >= 0.6 is 0 Å². The second-order valence-electron chi connectivity index (χ2n) is 8.15. The lowest BCUT2D eigenvalue weighted by molar-refractivity contribution is 0.297. The van der Waals surface area contributed by atoms with Crippen molar-refractivity contribution >= 4 is 0 Å². The van der Waals surface area contributed by atoms with Gasteiger partial charge in [-0.1, -0.05) is 55.7 Å². The Balaban J connectivity index is 1.49. The summed E-state index contributed by atoms with van der Waals surface area (Å²) in [7, 11) is 0. The second kappa shape index (κ2) is 9.13. The number of hydrogen-bond donors (Lipinski definition) is 0. The standard InChI is InChI=1S/C26H24F4O/c1-16-7-8-19(24(28)23(16)27)15-31-20-11-9-18(10-12-20)22-14-13-21(25(29)26(22)30)17-5-3-2-4-6-17/h7-14,17H,2-6,15H2,1H3. The van der Waals surface area contributed by atoms with Crippen molar-refractivity contribution < 1.29 is 22.3 Å². The van der Waals surface area contributed by atoms with Gasteiger partial charge >= 0.3 is 0 Å². The predicted octanol–water partition coefficient (Wildman–Crippen LogP) is 7.85. The third-order valence-corrected chi connectivity index (χ3v) is 6.07. The lowest BCUT2D eigenvalue weighted by atomic mass is 9.83. The molecule has 0 aliphatic heterocycles. The van der Waals surface area contributed by atoms with E-state index in [1.54, 1.807) is 36.4 Å². The zero-order valence-electron chi connectivity index (χ0n) is 17.4. The summed E-state index contributed by atoms with van der Waals surface area (Å²) in [5, 5.41) is 0. The van der Waals surface area contributed by atoms with E-state index in [0.717, 1.165) is 32.1 Å². The van der Waals surface area contributed by atoms with Crippen molar-refractivity contribution in [3.63, 3.8) is 0 Å². The van der Waals surface area contributed by atoms with E-state index in [2.05, 4.69) is 0 Å². The summed E-state index contributed by atoms with van der Waals surface area (Å²) in [5.74, 6) is -2.91. The topological polar surface area (TPSA) is 9.23 Å². The molecule has 1 saturated carbocycles. The second-order valence-corrected chi connectivity index (χ2v) is 8.15. The lowest BCUT2D eigenvalue weighted by Crippen LogP contribution is -2.08. The van der Waals surface area contributed by atoms with Crippen LogP contribution in [0.15, 0.2) is 48.5 Å². The minimum absolute atomic E-state index is 0.0834. The molecule has 31 heavy (non-hydrogen) atoms. The largest absolute Gasteiger partial charge is 0.489 e. The SMILES string of the molecule is Cc1ccc(COc2ccc(-c3ccc(C4CCCCC4)c(F)c3F)cc2)c(F)c1F. The van der Waals surface area contributed by atoms with Crippen LogP contribution in [0.1, 0.15) is 54.7 Å². The Labute approximate surface area is 179 Å². The van der Waals surface area contributed by atoms with E-state index in [-0.39, 0.29) is 29.2 Å². The van der Waals surface area contributed by atoms with Gasteiger partial charge in [0.15, 0.2) is 23.3 Å². The minimum atomic E-state index is -0.924. The summed E-state index contributed by atoms with van der Waals surface area (Å²) in [6.07, 6.45) is 5.04. The van der Waals surface area contributed by atoms with Crippen molar-refractivity contribution in [3.8, 4) is 16.9 Å². The maximum atomic E-state index is 14.8. The molecule has 1 aliphatic rings. The van der Waals surface area contributed by atoms with Crippen LogP contribution in [0.2, 0.25) is 0 Å². The Morgan fingerprint density at radius 3 is 2.16 bits per heavy atom. The molecule has 0 bridgehead atoms. The molecule has 0 radical (unpaired) electrons. The number of ether oxygens (including phenoxy) is 1. The molecule has 1 aliphatic carbocycles. The summed E-state index contributed by atoms with van der Waals surface area (Å²) >= 11 is 0. The summed E-state index contributed by atoms with van der Waals surface area (Å²) in [4.78, 5) is 0. The van der Waals surface area contributed by atoms with Crippen molar-refractivity contribution in [2.75, 3.05) is 0 Å². The lowest BCUT2D eigenvalue weighted by Gasteiger charge is -2.23. The highest BCUT2D eigenvalue weighted by molar-refractivity contribution is 5.65. The quantitative estimate of drug-likeness (QED) is 0.376. The molecule has 0 spiro atoms. The first-order valence-electron chi connectivity index (χ1n) is 10.6. The van der Waals surface area contributed by atoms with Crippen LogP contribution in [-0.4, -0.2) is 0 Å². The molecular weight excluding hydrogens is 404 g/mol. The molecule has 4 rings (SSSR count). The van der Waals surface area contributed by atoms with Crippen LogP contribution in [0.4, 0.5) is 17.6 Å². The summed E-state index contributed by atoms with van der Waals surface area (Å²) in [6.45, 7) is 1.35. The van der Waals surface area contributed by atoms with Crippen LogP contribution in [-0.2, 0) is 6.61 Å². The molecule has 1 nitrogen and oxygen atoms in total. The van der Waals surface area contributed by atoms with E-state index in [4.69, 9.17) is 4.74 Å². The molecule has 3 aromatic rings. The van der Waals surface area contributed by atoms with Gasteiger partial charge in [-0.25, -0.2) is 17.6 Å². The highest BCUT2D eigenvalue weighted by Gasteiger charge is 2.23. The van der Waals surface area contributed by atoms with E-state index < -0.39 is 23.3 Å². The fraction of sp³-hybridized carbons (Fsp3) is 0.308. The average Bonchev–Trinajstić information content (AvgIpc) is 2.80. The Morgan fingerprint density at radius 2 is 1.45 bits per heavy atom. The highest BCUT2D eigenvalue weighted by atomic mass is 19.2. The summed E-state index contributed by atoms with van der Waals surface area (Å²) in [5.41, 5.74) is 1.52. The van der Waals surface area contributed by atoms with Crippen LogP contribution in [0.3, 0.4) is 0 Å². The van der Waals surface area contributed by atoms with Gasteiger partial charge in [0, 0.05) is 11.1 Å². The van der Waals surface area contributed by atoms with Gasteiger partial charge in [0.25, 0.3) is 0 Å². The van der Waals surface area contributed by atoms with Gasteiger partial charge in [-0.15, -0.1) is 0 Å². The van der Waals surface area contributed by atoms with Crippen molar-refractivity contribution in [2.24, 2.45) is 0 Å². The molecule has 5 heteroatoms. The molecule has 1 fully saturated rings. The Kier molecular flexibility index (Phi) is 6.30. The average molecular weight is 428 g/mol. The summed E-state index contributed by atoms with van der Waals surface area (Å²) < 4.78 is 62.7. The third-order valence-electron chi connectivity index (χ3n) is 6.07. The smallest absolute Gasteiger partial charge is 0.166 e. The fourth-order valence-corrected chi connectivity index (χ4v) is 4.21. The van der Waals surface area contributed by atoms with E-state index in [9.17, 15) is 17.6 Å². The number of halogens is 4. The van der Waals surface area contributed by atoms with Crippen molar-refractivity contribution in [1.29, 1.82) is 0 Å². The van der Waals surface area contributed by atoms with Gasteiger partial charge in [-0.05, 0) is 54.5 Å². The normalized spacial score (nSPS) is 14.6. The molecule has 162 valence electrons. The first kappa shape index (κ1) is 21.4. The Hall–Kier alpha value is -2.82. The molecular formula is C26H24F4O. The van der Waals surface area contributed by atoms with Crippen LogP contribution < -0.4 is 4.74 Å². The van der Waals surface area contributed by atoms with Gasteiger partial charge in [0.05, 0.1) is 0 Å². The number of benzene rings is 3. The van der Waals surface area contributed by atoms with E-state index in [0.29, 0.717) is 16.9 Å². The summed E-state index contributed by atoms with van der Waals surface area (Å²) in [6, 6.07) is 12.8. The van der Waals surface area contributed by atoms with E-state index >= 15 is 0 Å². The van der Waals surface area contributed by atoms with Gasteiger partial charge in [0.2, 0.25) is 0 Å². The van der Waals surface area contributed by atoms with E-state index in [1.807, 2.05) is 0 Å². The van der Waals surface area contributed by atoms with Gasteiger partial charge in [-0.2, -0.15) is 0 Å². The van der Waals surface area contributed by atoms with Gasteiger partial charge < -0.3 is 4.74 Å². The fourth-order valence-electron chi connectivity index (χ4n) is 4.21. The molecule has 0 saturated heterocycles. The molecule has 0 atom stereocenters. The predicted molar refractivity (Wildman–Crippen MR) is 113 cm³/mol. The maximum absolute atomic E-state index is 14.8. The Morgan fingerprint density at radius 1 is 0.742 bits per heavy atom. The molecule has 0 unspecified atom stereocenters. The van der Waals surface area contributed by atoms with E-state index in [1.165, 1.54) is 19.1 Å². The van der Waals surface area contributed by atoms with Crippen molar-refractivity contribution in [2.45, 2.75) is 51.6 Å². The first-order chi connectivity index (χ1) is 15.0. The van der Waals surface area contributed by atoms with Crippen molar-refractivity contribution in [3.05, 3.63) is 88.5 Å². The zero-order chi connectivity index (χ0) is 22.0. The molecule has 0 N–H and O–H groups in total. The van der Waals surface area contributed by atoms with Crippen LogP contribution in [0.5, 0.6) is 5.75 Å². The Bertz CT molecular complexity index is 1070. The minimum Gasteiger partial charge on any atom is -0.489 e. The molecule has 0 heterocycles. The molecule has 3 aromatic carbocycles. The number of aryl methyl sites for hydroxylation is 1. The number of hydrogen-bond acceptors (Lipinski definition) is 1. The molecule has 0 aromatic heterocycles. The van der Waals surface area contributed by atoms with Gasteiger partial charge in [0.1, 0.15) is 12.4 Å². The van der Waals surface area contributed by atoms with Crippen LogP contribution in [0, 0.1) is 30.2 Å². The third kappa shape index (κ3) is 4.46. The number of rotatable bonds is 5. The van der Waals surface area contributed by atoms with Gasteiger partial charge in [-0.3, -0.25) is 0 Å². The monoisotopic (exact) mass is 428 g/mol. The maximum Gasteiger partial charge on any atom is 0.166 e.